The van der Waals surface area contributed by atoms with Crippen LogP contribution in [0.5, 0.6) is 0 Å². The fourth-order valence-corrected chi connectivity index (χ4v) is 2.91. The first-order valence-electron chi connectivity index (χ1n) is 8.08. The molecule has 1 fully saturated rings. The van der Waals surface area contributed by atoms with Gasteiger partial charge in [0, 0.05) is 29.4 Å². The first kappa shape index (κ1) is 17.0. The number of halogens is 1. The maximum Gasteiger partial charge on any atom is 0.238 e. The van der Waals surface area contributed by atoms with E-state index in [1.807, 2.05) is 43.3 Å². The lowest BCUT2D eigenvalue weighted by molar-refractivity contribution is -0.118. The molecular formula is C19H21ClN2O2. The number of amides is 1. The van der Waals surface area contributed by atoms with E-state index < -0.39 is 0 Å². The molecule has 2 aromatic carbocycles. The average Bonchev–Trinajstić information content (AvgIpc) is 2.58. The number of hydrogen-bond donors (Lipinski definition) is 1. The van der Waals surface area contributed by atoms with E-state index in [9.17, 15) is 4.79 Å². The Kier molecular flexibility index (Phi) is 5.51. The molecule has 0 aromatic heterocycles. The van der Waals surface area contributed by atoms with Gasteiger partial charge >= 0.3 is 0 Å². The van der Waals surface area contributed by atoms with Crippen molar-refractivity contribution in [1.82, 2.24) is 4.90 Å². The van der Waals surface area contributed by atoms with Gasteiger partial charge in [-0.25, -0.2) is 0 Å². The third-order valence-electron chi connectivity index (χ3n) is 4.08. The van der Waals surface area contributed by atoms with Crippen LogP contribution >= 0.6 is 11.6 Å². The molecule has 0 saturated carbocycles. The highest BCUT2D eigenvalue weighted by Gasteiger charge is 2.15. The maximum atomic E-state index is 12.4. The Hall–Kier alpha value is -1.88. The van der Waals surface area contributed by atoms with Gasteiger partial charge in [0.05, 0.1) is 19.8 Å². The first-order chi connectivity index (χ1) is 11.6. The van der Waals surface area contributed by atoms with Crippen molar-refractivity contribution in [2.24, 2.45) is 0 Å². The lowest BCUT2D eigenvalue weighted by Crippen LogP contribution is -2.41. The lowest BCUT2D eigenvalue weighted by Gasteiger charge is -2.26. The summed E-state index contributed by atoms with van der Waals surface area (Å²) in [7, 11) is 0. The lowest BCUT2D eigenvalue weighted by atomic mass is 10.0. The van der Waals surface area contributed by atoms with Gasteiger partial charge in [-0.1, -0.05) is 35.4 Å². The minimum atomic E-state index is -0.00373. The molecule has 1 saturated heterocycles. The summed E-state index contributed by atoms with van der Waals surface area (Å²) < 4.78 is 5.32. The third-order valence-corrected chi connectivity index (χ3v) is 4.33. The Labute approximate surface area is 147 Å². The Morgan fingerprint density at radius 2 is 1.88 bits per heavy atom. The van der Waals surface area contributed by atoms with Gasteiger partial charge in [0.2, 0.25) is 5.91 Å². The van der Waals surface area contributed by atoms with E-state index in [1.54, 1.807) is 0 Å². The van der Waals surface area contributed by atoms with Crippen molar-refractivity contribution >= 4 is 23.2 Å². The minimum Gasteiger partial charge on any atom is -0.379 e. The molecule has 24 heavy (non-hydrogen) atoms. The number of hydrogen-bond acceptors (Lipinski definition) is 3. The summed E-state index contributed by atoms with van der Waals surface area (Å²) in [6.07, 6.45) is 0. The van der Waals surface area contributed by atoms with Crippen LogP contribution in [0.3, 0.4) is 0 Å². The molecule has 1 aliphatic heterocycles. The zero-order valence-electron chi connectivity index (χ0n) is 13.7. The average molecular weight is 345 g/mol. The van der Waals surface area contributed by atoms with Gasteiger partial charge in [-0.3, -0.25) is 9.69 Å². The molecule has 0 unspecified atom stereocenters. The molecule has 1 aliphatic rings. The zero-order valence-corrected chi connectivity index (χ0v) is 14.5. The van der Waals surface area contributed by atoms with E-state index in [2.05, 4.69) is 16.3 Å². The molecule has 1 amide bonds. The van der Waals surface area contributed by atoms with Crippen molar-refractivity contribution in [3.8, 4) is 11.1 Å². The van der Waals surface area contributed by atoms with Crippen LogP contribution in [0.15, 0.2) is 42.5 Å². The minimum absolute atomic E-state index is 0.00373. The van der Waals surface area contributed by atoms with Gasteiger partial charge in [-0.15, -0.1) is 0 Å². The van der Waals surface area contributed by atoms with Crippen LogP contribution in [0.2, 0.25) is 5.02 Å². The molecule has 2 aromatic rings. The Bertz CT molecular complexity index is 710. The summed E-state index contributed by atoms with van der Waals surface area (Å²) >= 11 is 5.98. The third kappa shape index (κ3) is 4.35. The number of anilines is 1. The van der Waals surface area contributed by atoms with Crippen molar-refractivity contribution in [3.63, 3.8) is 0 Å². The van der Waals surface area contributed by atoms with Crippen molar-refractivity contribution in [3.05, 3.63) is 53.1 Å². The second kappa shape index (κ2) is 7.79. The van der Waals surface area contributed by atoms with E-state index in [0.717, 1.165) is 35.5 Å². The topological polar surface area (TPSA) is 41.6 Å². The van der Waals surface area contributed by atoms with Crippen LogP contribution in [-0.2, 0) is 9.53 Å². The van der Waals surface area contributed by atoms with Gasteiger partial charge in [0.1, 0.15) is 0 Å². The zero-order chi connectivity index (χ0) is 16.9. The van der Waals surface area contributed by atoms with Crippen molar-refractivity contribution in [2.75, 3.05) is 38.2 Å². The van der Waals surface area contributed by atoms with Gasteiger partial charge < -0.3 is 10.1 Å². The molecule has 1 N–H and O–H groups in total. The molecular weight excluding hydrogens is 324 g/mol. The molecule has 4 nitrogen and oxygen atoms in total. The highest BCUT2D eigenvalue weighted by atomic mass is 35.5. The number of rotatable bonds is 4. The monoisotopic (exact) mass is 344 g/mol. The number of nitrogens with zero attached hydrogens (tertiary/aromatic N) is 1. The smallest absolute Gasteiger partial charge is 0.238 e. The number of carbonyl (C=O) groups is 1. The Balaban J connectivity index is 1.77. The number of nitrogens with one attached hydrogen (secondary N) is 1. The van der Waals surface area contributed by atoms with Crippen LogP contribution in [-0.4, -0.2) is 43.7 Å². The number of ether oxygens (including phenoxy) is 1. The van der Waals surface area contributed by atoms with Crippen LogP contribution < -0.4 is 5.32 Å². The molecule has 0 aliphatic carbocycles. The number of morpholine rings is 1. The van der Waals surface area contributed by atoms with Crippen LogP contribution in [0.25, 0.3) is 11.1 Å². The van der Waals surface area contributed by atoms with Gasteiger partial charge in [-0.05, 0) is 36.8 Å². The van der Waals surface area contributed by atoms with Crippen LogP contribution in [0.1, 0.15) is 5.56 Å². The molecule has 5 heteroatoms. The fraction of sp³-hybridized carbons (Fsp3) is 0.316. The Morgan fingerprint density at radius 3 is 2.58 bits per heavy atom. The molecule has 0 atom stereocenters. The summed E-state index contributed by atoms with van der Waals surface area (Å²) in [5.74, 6) is -0.00373. The normalized spacial score (nSPS) is 15.2. The summed E-state index contributed by atoms with van der Waals surface area (Å²) in [4.78, 5) is 14.5. The molecule has 1 heterocycles. The van der Waals surface area contributed by atoms with E-state index in [-0.39, 0.29) is 5.91 Å². The largest absolute Gasteiger partial charge is 0.379 e. The van der Waals surface area contributed by atoms with Crippen LogP contribution in [0, 0.1) is 6.92 Å². The molecule has 0 bridgehead atoms. The quantitative estimate of drug-likeness (QED) is 0.921. The van der Waals surface area contributed by atoms with E-state index in [0.29, 0.717) is 24.8 Å². The maximum absolute atomic E-state index is 12.4. The number of benzene rings is 2. The number of carbonyl (C=O) groups excluding carboxylic acids is 1. The molecule has 3 rings (SSSR count). The standard InChI is InChI=1S/C19H21ClN2O2/c1-14-2-7-18(17(12-14)15-3-5-16(20)6-4-15)21-19(23)13-22-8-10-24-11-9-22/h2-7,12H,8-11,13H2,1H3,(H,21,23). The van der Waals surface area contributed by atoms with Crippen molar-refractivity contribution in [2.45, 2.75) is 6.92 Å². The first-order valence-corrected chi connectivity index (χ1v) is 8.46. The summed E-state index contributed by atoms with van der Waals surface area (Å²) in [6.45, 7) is 5.40. The van der Waals surface area contributed by atoms with E-state index >= 15 is 0 Å². The van der Waals surface area contributed by atoms with E-state index in [1.165, 1.54) is 0 Å². The van der Waals surface area contributed by atoms with Crippen molar-refractivity contribution < 1.29 is 9.53 Å². The second-order valence-corrected chi connectivity index (χ2v) is 6.43. The predicted molar refractivity (Wildman–Crippen MR) is 97.5 cm³/mol. The van der Waals surface area contributed by atoms with Gasteiger partial charge in [-0.2, -0.15) is 0 Å². The van der Waals surface area contributed by atoms with E-state index in [4.69, 9.17) is 16.3 Å². The molecule has 126 valence electrons. The van der Waals surface area contributed by atoms with Crippen LogP contribution in [0.4, 0.5) is 5.69 Å². The number of aryl methyl sites for hydroxylation is 1. The van der Waals surface area contributed by atoms with Crippen molar-refractivity contribution in [1.29, 1.82) is 0 Å². The predicted octanol–water partition coefficient (Wildman–Crippen LogP) is 3.59. The molecule has 0 spiro atoms. The van der Waals surface area contributed by atoms with Gasteiger partial charge in [0.15, 0.2) is 0 Å². The Morgan fingerprint density at radius 1 is 1.17 bits per heavy atom. The fourth-order valence-electron chi connectivity index (χ4n) is 2.79. The summed E-state index contributed by atoms with van der Waals surface area (Å²) in [5, 5.41) is 3.74. The second-order valence-electron chi connectivity index (χ2n) is 5.99. The molecule has 0 radical (unpaired) electrons. The highest BCUT2D eigenvalue weighted by molar-refractivity contribution is 6.30. The van der Waals surface area contributed by atoms with Gasteiger partial charge in [0.25, 0.3) is 0 Å². The summed E-state index contributed by atoms with van der Waals surface area (Å²) in [5.41, 5.74) is 4.00. The highest BCUT2D eigenvalue weighted by Crippen LogP contribution is 2.30. The SMILES string of the molecule is Cc1ccc(NC(=O)CN2CCOCC2)c(-c2ccc(Cl)cc2)c1. The summed E-state index contributed by atoms with van der Waals surface area (Å²) in [6, 6.07) is 13.7.